The Morgan fingerprint density at radius 1 is 1.40 bits per heavy atom. The molecule has 0 spiro atoms. The first kappa shape index (κ1) is 15.2. The van der Waals surface area contributed by atoms with Gasteiger partial charge in [0, 0.05) is 18.5 Å². The number of hydrogen-bond donors (Lipinski definition) is 0. The molecule has 6 heteroatoms. The SMILES string of the molecule is [C-]#[N+]C1=C[C@]2(C)CN(S(C)(=O)=O)CC[C@H]2C(C)(C)C1=O. The molecule has 0 aromatic heterocycles. The molecular weight excluding hydrogens is 276 g/mol. The van der Waals surface area contributed by atoms with Gasteiger partial charge in [-0.3, -0.25) is 0 Å². The van der Waals surface area contributed by atoms with Crippen LogP contribution < -0.4 is 0 Å². The van der Waals surface area contributed by atoms with E-state index in [1.807, 2.05) is 20.8 Å². The Morgan fingerprint density at radius 3 is 2.50 bits per heavy atom. The minimum Gasteiger partial charge on any atom is -0.307 e. The Kier molecular flexibility index (Phi) is 3.35. The van der Waals surface area contributed by atoms with E-state index in [1.165, 1.54) is 10.6 Å². The fraction of sp³-hybridized carbons (Fsp3) is 0.714. The van der Waals surface area contributed by atoms with Crippen molar-refractivity contribution in [3.8, 4) is 0 Å². The van der Waals surface area contributed by atoms with Gasteiger partial charge in [-0.25, -0.2) is 17.6 Å². The summed E-state index contributed by atoms with van der Waals surface area (Å²) in [4.78, 5) is 15.7. The smallest absolute Gasteiger partial charge is 0.226 e. The van der Waals surface area contributed by atoms with E-state index in [4.69, 9.17) is 6.57 Å². The molecule has 1 aliphatic carbocycles. The maximum atomic E-state index is 12.3. The van der Waals surface area contributed by atoms with Crippen molar-refractivity contribution < 1.29 is 13.2 Å². The summed E-state index contributed by atoms with van der Waals surface area (Å²) in [6, 6.07) is 0. The van der Waals surface area contributed by atoms with Gasteiger partial charge in [0.15, 0.2) is 5.78 Å². The average molecular weight is 296 g/mol. The van der Waals surface area contributed by atoms with Gasteiger partial charge in [-0.1, -0.05) is 26.8 Å². The van der Waals surface area contributed by atoms with Crippen molar-refractivity contribution >= 4 is 15.8 Å². The van der Waals surface area contributed by atoms with E-state index in [-0.39, 0.29) is 17.4 Å². The number of Topliss-reactive ketones (excluding diaryl/α,β-unsaturated/α-hetero) is 1. The van der Waals surface area contributed by atoms with Gasteiger partial charge in [0.25, 0.3) is 0 Å². The molecule has 5 nitrogen and oxygen atoms in total. The summed E-state index contributed by atoms with van der Waals surface area (Å²) >= 11 is 0. The normalized spacial score (nSPS) is 34.0. The minimum atomic E-state index is -3.25. The second kappa shape index (κ2) is 4.40. The molecule has 0 aromatic carbocycles. The second-order valence-corrected chi connectivity index (χ2v) is 8.62. The molecule has 0 N–H and O–H groups in total. The highest BCUT2D eigenvalue weighted by atomic mass is 32.2. The molecular formula is C14H20N2O3S. The number of ketones is 1. The summed E-state index contributed by atoms with van der Waals surface area (Å²) in [6.45, 7) is 13.6. The number of piperidine rings is 1. The van der Waals surface area contributed by atoms with E-state index >= 15 is 0 Å². The van der Waals surface area contributed by atoms with Gasteiger partial charge in [-0.05, 0) is 17.8 Å². The van der Waals surface area contributed by atoms with Gasteiger partial charge in [0.05, 0.1) is 12.8 Å². The van der Waals surface area contributed by atoms with Crippen LogP contribution in [0.3, 0.4) is 0 Å². The molecule has 0 unspecified atom stereocenters. The Morgan fingerprint density at radius 2 is 2.00 bits per heavy atom. The third kappa shape index (κ3) is 2.19. The summed E-state index contributed by atoms with van der Waals surface area (Å²) in [5, 5.41) is 0. The van der Waals surface area contributed by atoms with Crippen molar-refractivity contribution in [2.24, 2.45) is 16.7 Å². The van der Waals surface area contributed by atoms with Crippen LogP contribution in [0.1, 0.15) is 27.2 Å². The molecule has 0 amide bonds. The van der Waals surface area contributed by atoms with Crippen LogP contribution in [0.4, 0.5) is 0 Å². The summed E-state index contributed by atoms with van der Waals surface area (Å²) in [5.74, 6) is -0.0613. The van der Waals surface area contributed by atoms with Crippen LogP contribution in [0.25, 0.3) is 4.85 Å². The van der Waals surface area contributed by atoms with Crippen molar-refractivity contribution in [2.45, 2.75) is 27.2 Å². The molecule has 1 heterocycles. The lowest BCUT2D eigenvalue weighted by molar-refractivity contribution is -0.131. The first-order valence-corrected chi connectivity index (χ1v) is 8.47. The molecule has 1 fully saturated rings. The minimum absolute atomic E-state index is 0.0611. The first-order valence-electron chi connectivity index (χ1n) is 6.62. The van der Waals surface area contributed by atoms with E-state index in [0.717, 1.165) is 0 Å². The molecule has 110 valence electrons. The van der Waals surface area contributed by atoms with Crippen molar-refractivity contribution in [1.29, 1.82) is 0 Å². The number of fused-ring (bicyclic) bond motifs is 1. The molecule has 0 bridgehead atoms. The zero-order valence-electron chi connectivity index (χ0n) is 12.3. The van der Waals surface area contributed by atoms with Gasteiger partial charge < -0.3 is 4.79 Å². The first-order chi connectivity index (χ1) is 9.02. The predicted octanol–water partition coefficient (Wildman–Crippen LogP) is 1.69. The molecule has 1 saturated heterocycles. The van der Waals surface area contributed by atoms with Crippen LogP contribution in [0.2, 0.25) is 0 Å². The highest BCUT2D eigenvalue weighted by Gasteiger charge is 2.53. The Labute approximate surface area is 120 Å². The van der Waals surface area contributed by atoms with Gasteiger partial charge >= 0.3 is 0 Å². The fourth-order valence-corrected chi connectivity index (χ4v) is 4.69. The summed E-state index contributed by atoms with van der Waals surface area (Å²) in [6.07, 6.45) is 3.54. The third-order valence-electron chi connectivity index (χ3n) is 4.73. The van der Waals surface area contributed by atoms with Crippen LogP contribution in [0, 0.1) is 23.3 Å². The molecule has 0 radical (unpaired) electrons. The molecule has 0 saturated carbocycles. The molecule has 1 aliphatic heterocycles. The monoisotopic (exact) mass is 296 g/mol. The summed E-state index contributed by atoms with van der Waals surface area (Å²) in [5.41, 5.74) is -0.935. The van der Waals surface area contributed by atoms with Crippen LogP contribution >= 0.6 is 0 Å². The van der Waals surface area contributed by atoms with Crippen molar-refractivity contribution in [1.82, 2.24) is 4.31 Å². The summed E-state index contributed by atoms with van der Waals surface area (Å²) in [7, 11) is -3.25. The van der Waals surface area contributed by atoms with E-state index < -0.39 is 20.9 Å². The van der Waals surface area contributed by atoms with Gasteiger partial charge in [-0.2, -0.15) is 0 Å². The number of carbonyl (C=O) groups excluding carboxylic acids is 1. The standard InChI is InChI=1S/C14H20N2O3S/c1-13(2)11-6-7-16(20(5,18)19)9-14(11,3)8-10(15-4)12(13)17/h8,11H,6-7,9H2,1-3,5H3/t11-,14+/m0/s1. The quantitative estimate of drug-likeness (QED) is 0.692. The number of nitrogens with zero attached hydrogens (tertiary/aromatic N) is 2. The third-order valence-corrected chi connectivity index (χ3v) is 5.97. The highest BCUT2D eigenvalue weighted by Crippen LogP contribution is 2.52. The number of carbonyl (C=O) groups is 1. The number of hydrogen-bond acceptors (Lipinski definition) is 3. The van der Waals surface area contributed by atoms with Crippen LogP contribution in [0.5, 0.6) is 0 Å². The Hall–Kier alpha value is -1.19. The van der Waals surface area contributed by atoms with Crippen LogP contribution in [-0.4, -0.2) is 37.9 Å². The van der Waals surface area contributed by atoms with Crippen molar-refractivity contribution in [3.05, 3.63) is 23.2 Å². The lowest BCUT2D eigenvalue weighted by Gasteiger charge is -2.52. The molecule has 2 rings (SSSR count). The van der Waals surface area contributed by atoms with E-state index in [0.29, 0.717) is 19.5 Å². The molecule has 20 heavy (non-hydrogen) atoms. The maximum absolute atomic E-state index is 12.3. The lowest BCUT2D eigenvalue weighted by Crippen LogP contribution is -2.56. The average Bonchev–Trinajstić information content (AvgIpc) is 2.32. The number of rotatable bonds is 1. The largest absolute Gasteiger partial charge is 0.307 e. The number of allylic oxidation sites excluding steroid dienone is 1. The second-order valence-electron chi connectivity index (χ2n) is 6.64. The Balaban J connectivity index is 2.50. The van der Waals surface area contributed by atoms with Gasteiger partial charge in [0.2, 0.25) is 15.7 Å². The van der Waals surface area contributed by atoms with E-state index in [2.05, 4.69) is 4.85 Å². The summed E-state index contributed by atoms with van der Waals surface area (Å²) < 4.78 is 25.0. The fourth-order valence-electron chi connectivity index (χ4n) is 3.74. The topological polar surface area (TPSA) is 58.8 Å². The van der Waals surface area contributed by atoms with Gasteiger partial charge in [-0.15, -0.1) is 0 Å². The molecule has 0 aromatic rings. The lowest BCUT2D eigenvalue weighted by atomic mass is 9.56. The van der Waals surface area contributed by atoms with Crippen LogP contribution in [-0.2, 0) is 14.8 Å². The van der Waals surface area contributed by atoms with Gasteiger partial charge in [0.1, 0.15) is 0 Å². The zero-order valence-corrected chi connectivity index (χ0v) is 13.1. The predicted molar refractivity (Wildman–Crippen MR) is 76.1 cm³/mol. The van der Waals surface area contributed by atoms with E-state index in [1.54, 1.807) is 6.08 Å². The zero-order chi connectivity index (χ0) is 15.3. The maximum Gasteiger partial charge on any atom is 0.226 e. The molecule has 2 aliphatic rings. The number of sulfonamides is 1. The van der Waals surface area contributed by atoms with Crippen LogP contribution in [0.15, 0.2) is 11.8 Å². The molecule has 2 atom stereocenters. The van der Waals surface area contributed by atoms with Crippen molar-refractivity contribution in [3.63, 3.8) is 0 Å². The highest BCUT2D eigenvalue weighted by molar-refractivity contribution is 7.88. The van der Waals surface area contributed by atoms with Crippen molar-refractivity contribution in [2.75, 3.05) is 19.3 Å². The van der Waals surface area contributed by atoms with E-state index in [9.17, 15) is 13.2 Å². The Bertz CT molecular complexity index is 627.